The van der Waals surface area contributed by atoms with Gasteiger partial charge in [-0.25, -0.2) is 0 Å². The normalized spacial score (nSPS) is 22.0. The highest BCUT2D eigenvalue weighted by Gasteiger charge is 2.37. The zero-order valence-electron chi connectivity index (χ0n) is 16.8. The van der Waals surface area contributed by atoms with Gasteiger partial charge in [0.25, 0.3) is 0 Å². The van der Waals surface area contributed by atoms with E-state index in [4.69, 9.17) is 0 Å². The van der Waals surface area contributed by atoms with Crippen LogP contribution < -0.4 is 10.6 Å². The molecule has 0 aromatic carbocycles. The van der Waals surface area contributed by atoms with Crippen molar-refractivity contribution >= 4 is 29.9 Å². The Kier molecular flexibility index (Phi) is 10.6. The Morgan fingerprint density at radius 1 is 1.08 bits per heavy atom. The van der Waals surface area contributed by atoms with Crippen molar-refractivity contribution in [3.63, 3.8) is 0 Å². The summed E-state index contributed by atoms with van der Waals surface area (Å²) in [5, 5.41) is 7.09. The highest BCUT2D eigenvalue weighted by molar-refractivity contribution is 14.0. The van der Waals surface area contributed by atoms with Crippen LogP contribution in [0, 0.1) is 11.3 Å². The van der Waals surface area contributed by atoms with Crippen molar-refractivity contribution < 1.29 is 0 Å². The van der Waals surface area contributed by atoms with E-state index in [1.54, 1.807) is 0 Å². The number of halogens is 1. The van der Waals surface area contributed by atoms with Gasteiger partial charge in [0.15, 0.2) is 5.96 Å². The van der Waals surface area contributed by atoms with Gasteiger partial charge in [0.1, 0.15) is 0 Å². The molecule has 0 atom stereocenters. The number of hydrogen-bond acceptors (Lipinski definition) is 3. The maximum Gasteiger partial charge on any atom is 0.191 e. The minimum Gasteiger partial charge on any atom is -0.356 e. The molecule has 2 N–H and O–H groups in total. The van der Waals surface area contributed by atoms with Crippen molar-refractivity contribution in [2.75, 3.05) is 59.9 Å². The Morgan fingerprint density at radius 2 is 1.84 bits per heavy atom. The van der Waals surface area contributed by atoms with Gasteiger partial charge in [0.2, 0.25) is 0 Å². The SMILES string of the molecule is CN=C(NCCN1CCCN(C)CC1)NCC1(CC(C)C)CCC1.I. The van der Waals surface area contributed by atoms with Crippen LogP contribution in [0.25, 0.3) is 0 Å². The highest BCUT2D eigenvalue weighted by atomic mass is 127. The van der Waals surface area contributed by atoms with E-state index in [9.17, 15) is 0 Å². The lowest BCUT2D eigenvalue weighted by atomic mass is 9.64. The smallest absolute Gasteiger partial charge is 0.191 e. The number of guanidine groups is 1. The summed E-state index contributed by atoms with van der Waals surface area (Å²) in [4.78, 5) is 9.41. The molecule has 5 nitrogen and oxygen atoms in total. The molecule has 1 aliphatic heterocycles. The Labute approximate surface area is 172 Å². The first kappa shape index (κ1) is 23.0. The second kappa shape index (κ2) is 11.6. The fourth-order valence-electron chi connectivity index (χ4n) is 4.14. The van der Waals surface area contributed by atoms with E-state index in [-0.39, 0.29) is 24.0 Å². The summed E-state index contributed by atoms with van der Waals surface area (Å²) in [6, 6.07) is 0. The molecule has 2 rings (SSSR count). The van der Waals surface area contributed by atoms with Crippen LogP contribution in [-0.4, -0.2) is 75.7 Å². The molecule has 2 aliphatic rings. The van der Waals surface area contributed by atoms with Crippen molar-refractivity contribution in [3.05, 3.63) is 0 Å². The minimum absolute atomic E-state index is 0. The topological polar surface area (TPSA) is 42.9 Å². The van der Waals surface area contributed by atoms with Gasteiger partial charge in [-0.1, -0.05) is 20.3 Å². The fourth-order valence-corrected chi connectivity index (χ4v) is 4.14. The van der Waals surface area contributed by atoms with Crippen LogP contribution in [0.5, 0.6) is 0 Å². The van der Waals surface area contributed by atoms with Gasteiger partial charge in [-0.15, -0.1) is 24.0 Å². The number of nitrogens with one attached hydrogen (secondary N) is 2. The van der Waals surface area contributed by atoms with Gasteiger partial charge in [0, 0.05) is 39.8 Å². The third-order valence-electron chi connectivity index (χ3n) is 5.64. The van der Waals surface area contributed by atoms with Crippen molar-refractivity contribution in [1.82, 2.24) is 20.4 Å². The first-order valence-electron chi connectivity index (χ1n) is 9.88. The molecular weight excluding hydrogens is 425 g/mol. The molecule has 6 heteroatoms. The predicted molar refractivity (Wildman–Crippen MR) is 119 cm³/mol. The number of likely N-dealkylation sites (N-methyl/N-ethyl adjacent to an activating group) is 1. The minimum atomic E-state index is 0. The van der Waals surface area contributed by atoms with Crippen LogP contribution in [0.15, 0.2) is 4.99 Å². The standard InChI is InChI=1S/C19H39N5.HI/c1-17(2)15-19(7-5-8-19)16-22-18(20-3)21-9-12-24-11-6-10-23(4)13-14-24;/h17H,5-16H2,1-4H3,(H2,20,21,22);1H. The molecule has 1 saturated heterocycles. The summed E-state index contributed by atoms with van der Waals surface area (Å²) in [5.74, 6) is 1.75. The summed E-state index contributed by atoms with van der Waals surface area (Å²) < 4.78 is 0. The van der Waals surface area contributed by atoms with E-state index >= 15 is 0 Å². The van der Waals surface area contributed by atoms with Gasteiger partial charge >= 0.3 is 0 Å². The average Bonchev–Trinajstić information content (AvgIpc) is 2.72. The van der Waals surface area contributed by atoms with E-state index in [0.29, 0.717) is 5.41 Å². The van der Waals surface area contributed by atoms with Crippen LogP contribution in [0.4, 0.5) is 0 Å². The van der Waals surface area contributed by atoms with E-state index in [1.165, 1.54) is 58.3 Å². The number of aliphatic imine (C=N–C) groups is 1. The first-order valence-corrected chi connectivity index (χ1v) is 9.88. The molecule has 0 radical (unpaired) electrons. The van der Waals surface area contributed by atoms with Gasteiger partial charge in [-0.3, -0.25) is 4.99 Å². The maximum atomic E-state index is 4.41. The van der Waals surface area contributed by atoms with Crippen molar-refractivity contribution in [2.45, 2.75) is 46.0 Å². The third kappa shape index (κ3) is 7.99. The third-order valence-corrected chi connectivity index (χ3v) is 5.64. The Bertz CT molecular complexity index is 395. The molecule has 1 aliphatic carbocycles. The number of hydrogen-bond donors (Lipinski definition) is 2. The summed E-state index contributed by atoms with van der Waals surface area (Å²) in [7, 11) is 4.10. The quantitative estimate of drug-likeness (QED) is 0.345. The first-order chi connectivity index (χ1) is 11.5. The molecule has 0 amide bonds. The molecule has 0 aromatic heterocycles. The molecule has 0 spiro atoms. The maximum absolute atomic E-state index is 4.41. The van der Waals surface area contributed by atoms with E-state index in [1.807, 2.05) is 7.05 Å². The fraction of sp³-hybridized carbons (Fsp3) is 0.947. The largest absolute Gasteiger partial charge is 0.356 e. The van der Waals surface area contributed by atoms with Crippen LogP contribution in [0.3, 0.4) is 0 Å². The van der Waals surface area contributed by atoms with E-state index in [2.05, 4.69) is 46.3 Å². The van der Waals surface area contributed by atoms with Crippen molar-refractivity contribution in [3.8, 4) is 0 Å². The molecule has 0 aromatic rings. The van der Waals surface area contributed by atoms with Crippen molar-refractivity contribution in [2.24, 2.45) is 16.3 Å². The Hall–Kier alpha value is -0.0800. The molecule has 25 heavy (non-hydrogen) atoms. The zero-order valence-corrected chi connectivity index (χ0v) is 19.1. The molecule has 1 heterocycles. The van der Waals surface area contributed by atoms with E-state index < -0.39 is 0 Å². The molecular formula is C19H40IN5. The van der Waals surface area contributed by atoms with Gasteiger partial charge in [0.05, 0.1) is 0 Å². The summed E-state index contributed by atoms with van der Waals surface area (Å²) in [6.07, 6.45) is 6.75. The monoisotopic (exact) mass is 465 g/mol. The van der Waals surface area contributed by atoms with Gasteiger partial charge in [-0.05, 0) is 57.2 Å². The number of nitrogens with zero attached hydrogens (tertiary/aromatic N) is 3. The van der Waals surface area contributed by atoms with Crippen LogP contribution >= 0.6 is 24.0 Å². The average molecular weight is 465 g/mol. The van der Waals surface area contributed by atoms with E-state index in [0.717, 1.165) is 31.5 Å². The molecule has 148 valence electrons. The zero-order chi connectivity index (χ0) is 17.4. The van der Waals surface area contributed by atoms with Gasteiger partial charge < -0.3 is 20.4 Å². The van der Waals surface area contributed by atoms with Crippen LogP contribution in [0.2, 0.25) is 0 Å². The second-order valence-corrected chi connectivity index (χ2v) is 8.30. The Balaban J connectivity index is 0.00000312. The van der Waals surface area contributed by atoms with Crippen LogP contribution in [-0.2, 0) is 0 Å². The molecule has 1 saturated carbocycles. The molecule has 0 bridgehead atoms. The number of rotatable bonds is 7. The molecule has 0 unspecified atom stereocenters. The molecule has 2 fully saturated rings. The lowest BCUT2D eigenvalue weighted by Crippen LogP contribution is -2.48. The van der Waals surface area contributed by atoms with Crippen LogP contribution in [0.1, 0.15) is 46.0 Å². The van der Waals surface area contributed by atoms with Crippen molar-refractivity contribution in [1.29, 1.82) is 0 Å². The summed E-state index contributed by atoms with van der Waals surface area (Å²) in [6.45, 7) is 12.6. The highest BCUT2D eigenvalue weighted by Crippen LogP contribution is 2.45. The second-order valence-electron chi connectivity index (χ2n) is 8.30. The summed E-state index contributed by atoms with van der Waals surface area (Å²) in [5.41, 5.74) is 0.515. The Morgan fingerprint density at radius 3 is 2.44 bits per heavy atom. The predicted octanol–water partition coefficient (Wildman–Crippen LogP) is 2.62. The van der Waals surface area contributed by atoms with Gasteiger partial charge in [-0.2, -0.15) is 0 Å². The lowest BCUT2D eigenvalue weighted by Gasteiger charge is -2.43. The summed E-state index contributed by atoms with van der Waals surface area (Å²) >= 11 is 0. The lowest BCUT2D eigenvalue weighted by molar-refractivity contribution is 0.104.